The fraction of sp³-hybridized carbons (Fsp3) is 0.278. The number of Topliss-reactive ketones (excluding diaryl/α,β-unsaturated/α-hetero) is 1. The van der Waals surface area contributed by atoms with Gasteiger partial charge in [-0.2, -0.15) is 0 Å². The van der Waals surface area contributed by atoms with Gasteiger partial charge in [-0.05, 0) is 30.5 Å². The van der Waals surface area contributed by atoms with E-state index in [1.165, 1.54) is 24.9 Å². The number of nitrogens with one attached hydrogen (secondary N) is 1. The summed E-state index contributed by atoms with van der Waals surface area (Å²) in [6, 6.07) is 8.51. The molecule has 1 aromatic carbocycles. The lowest BCUT2D eigenvalue weighted by Gasteiger charge is -2.10. The smallest absolute Gasteiger partial charge is 0.306 e. The fourth-order valence-corrected chi connectivity index (χ4v) is 2.68. The van der Waals surface area contributed by atoms with Crippen molar-refractivity contribution in [3.63, 3.8) is 0 Å². The van der Waals surface area contributed by atoms with E-state index >= 15 is 0 Å². The van der Waals surface area contributed by atoms with Crippen LogP contribution >= 0.6 is 11.8 Å². The lowest BCUT2D eigenvalue weighted by molar-refractivity contribution is -0.142. The first-order valence-corrected chi connectivity index (χ1v) is 8.89. The summed E-state index contributed by atoms with van der Waals surface area (Å²) >= 11 is 1.46. The Morgan fingerprint density at radius 2 is 2.04 bits per heavy atom. The van der Waals surface area contributed by atoms with Crippen LogP contribution in [0.4, 0.5) is 5.69 Å². The zero-order chi connectivity index (χ0) is 18.2. The number of rotatable bonds is 8. The van der Waals surface area contributed by atoms with E-state index in [-0.39, 0.29) is 24.7 Å². The highest BCUT2D eigenvalue weighted by Gasteiger charge is 2.13. The number of carbonyl (C=O) groups excluding carboxylic acids is 3. The number of thioether (sulfide) groups is 1. The number of amides is 1. The lowest BCUT2D eigenvalue weighted by Crippen LogP contribution is -2.15. The molecule has 0 aliphatic heterocycles. The van der Waals surface area contributed by atoms with Gasteiger partial charge in [-0.3, -0.25) is 14.4 Å². The maximum atomic E-state index is 12.2. The Bertz CT molecular complexity index is 755. The van der Waals surface area contributed by atoms with Crippen LogP contribution in [0.3, 0.4) is 0 Å². The van der Waals surface area contributed by atoms with Gasteiger partial charge in [0.1, 0.15) is 5.76 Å². The minimum atomic E-state index is -0.465. The number of hydrogen-bond donors (Lipinski definition) is 1. The van der Waals surface area contributed by atoms with Crippen molar-refractivity contribution in [3.8, 4) is 0 Å². The van der Waals surface area contributed by atoms with Crippen LogP contribution in [0.25, 0.3) is 0 Å². The van der Waals surface area contributed by atoms with Gasteiger partial charge in [0, 0.05) is 23.8 Å². The Kier molecular flexibility index (Phi) is 6.82. The van der Waals surface area contributed by atoms with E-state index in [4.69, 9.17) is 9.15 Å². The second kappa shape index (κ2) is 9.08. The van der Waals surface area contributed by atoms with Crippen molar-refractivity contribution in [1.82, 2.24) is 0 Å². The summed E-state index contributed by atoms with van der Waals surface area (Å²) in [6.07, 6.45) is 3.98. The zero-order valence-corrected chi connectivity index (χ0v) is 14.9. The number of carbonyl (C=O) groups is 3. The lowest BCUT2D eigenvalue weighted by atomic mass is 10.1. The van der Waals surface area contributed by atoms with Crippen molar-refractivity contribution in [2.75, 3.05) is 18.2 Å². The maximum absolute atomic E-state index is 12.2. The van der Waals surface area contributed by atoms with Crippen molar-refractivity contribution in [1.29, 1.82) is 0 Å². The zero-order valence-electron chi connectivity index (χ0n) is 14.0. The van der Waals surface area contributed by atoms with Gasteiger partial charge < -0.3 is 14.5 Å². The van der Waals surface area contributed by atoms with E-state index in [9.17, 15) is 14.4 Å². The number of aryl methyl sites for hydroxylation is 1. The number of anilines is 1. The summed E-state index contributed by atoms with van der Waals surface area (Å²) in [7, 11) is 0. The Morgan fingerprint density at radius 3 is 2.68 bits per heavy atom. The molecule has 6 nitrogen and oxygen atoms in total. The summed E-state index contributed by atoms with van der Waals surface area (Å²) < 4.78 is 10.1. The SMILES string of the molecule is CSc1ccc(C(=O)COC(=O)CCc2ccco2)cc1NC(C)=O. The standard InChI is InChI=1S/C18H19NO5S/c1-12(20)19-15-10-13(5-7-17(15)25-2)16(21)11-24-18(22)8-6-14-4-3-9-23-14/h3-5,7,9-10H,6,8,11H2,1-2H3,(H,19,20). The van der Waals surface area contributed by atoms with Gasteiger partial charge in [-0.1, -0.05) is 6.07 Å². The van der Waals surface area contributed by atoms with Crippen molar-refractivity contribution in [2.24, 2.45) is 0 Å². The Morgan fingerprint density at radius 1 is 1.24 bits per heavy atom. The molecule has 0 aliphatic rings. The van der Waals surface area contributed by atoms with Crippen LogP contribution in [0.15, 0.2) is 45.9 Å². The molecule has 0 radical (unpaired) electrons. The van der Waals surface area contributed by atoms with Gasteiger partial charge in [0.15, 0.2) is 12.4 Å². The number of hydrogen-bond acceptors (Lipinski definition) is 6. The quantitative estimate of drug-likeness (QED) is 0.441. The van der Waals surface area contributed by atoms with E-state index in [2.05, 4.69) is 5.32 Å². The van der Waals surface area contributed by atoms with Crippen molar-refractivity contribution >= 4 is 35.1 Å². The van der Waals surface area contributed by atoms with Crippen LogP contribution in [0.2, 0.25) is 0 Å². The van der Waals surface area contributed by atoms with Crippen LogP contribution in [0.5, 0.6) is 0 Å². The van der Waals surface area contributed by atoms with E-state index in [0.717, 1.165) is 4.90 Å². The summed E-state index contributed by atoms with van der Waals surface area (Å²) in [6.45, 7) is 1.06. The van der Waals surface area contributed by atoms with Gasteiger partial charge in [-0.15, -0.1) is 11.8 Å². The third-order valence-electron chi connectivity index (χ3n) is 3.35. The maximum Gasteiger partial charge on any atom is 0.306 e. The van der Waals surface area contributed by atoms with E-state index in [0.29, 0.717) is 23.4 Å². The fourth-order valence-electron chi connectivity index (χ4n) is 2.15. The van der Waals surface area contributed by atoms with Gasteiger partial charge in [0.25, 0.3) is 0 Å². The molecule has 1 heterocycles. The molecule has 2 rings (SSSR count). The van der Waals surface area contributed by atoms with Crippen molar-refractivity contribution in [2.45, 2.75) is 24.7 Å². The van der Waals surface area contributed by atoms with Gasteiger partial charge in [0.2, 0.25) is 5.91 Å². The van der Waals surface area contributed by atoms with Gasteiger partial charge >= 0.3 is 5.97 Å². The second-order valence-corrected chi connectivity index (χ2v) is 6.11. The molecule has 0 aliphatic carbocycles. The molecule has 1 amide bonds. The molecule has 0 atom stereocenters. The highest BCUT2D eigenvalue weighted by atomic mass is 32.2. The predicted molar refractivity (Wildman–Crippen MR) is 94.8 cm³/mol. The van der Waals surface area contributed by atoms with E-state index in [1.807, 2.05) is 6.26 Å². The minimum absolute atomic E-state index is 0.142. The monoisotopic (exact) mass is 361 g/mol. The van der Waals surface area contributed by atoms with Crippen LogP contribution < -0.4 is 5.32 Å². The topological polar surface area (TPSA) is 85.6 Å². The van der Waals surface area contributed by atoms with Crippen molar-refractivity contribution in [3.05, 3.63) is 47.9 Å². The molecule has 0 unspecified atom stereocenters. The van der Waals surface area contributed by atoms with Crippen LogP contribution in [0.1, 0.15) is 29.5 Å². The summed E-state index contributed by atoms with van der Waals surface area (Å²) in [5.41, 5.74) is 0.940. The van der Waals surface area contributed by atoms with Crippen LogP contribution in [-0.2, 0) is 20.7 Å². The van der Waals surface area contributed by atoms with Crippen LogP contribution in [-0.4, -0.2) is 30.5 Å². The normalized spacial score (nSPS) is 10.3. The third-order valence-corrected chi connectivity index (χ3v) is 4.15. The van der Waals surface area contributed by atoms with Gasteiger partial charge in [0.05, 0.1) is 18.4 Å². The molecule has 0 spiro atoms. The number of benzene rings is 1. The number of ketones is 1. The van der Waals surface area contributed by atoms with Crippen molar-refractivity contribution < 1.29 is 23.5 Å². The highest BCUT2D eigenvalue weighted by molar-refractivity contribution is 7.98. The molecule has 2 aromatic rings. The summed E-state index contributed by atoms with van der Waals surface area (Å²) in [4.78, 5) is 36.0. The first kappa shape index (κ1) is 18.8. The molecular formula is C18H19NO5S. The molecule has 0 saturated carbocycles. The first-order chi connectivity index (χ1) is 12.0. The summed E-state index contributed by atoms with van der Waals surface area (Å²) in [5, 5.41) is 2.69. The first-order valence-electron chi connectivity index (χ1n) is 7.66. The average Bonchev–Trinajstić information content (AvgIpc) is 3.10. The molecular weight excluding hydrogens is 342 g/mol. The molecule has 25 heavy (non-hydrogen) atoms. The molecule has 0 saturated heterocycles. The Labute approximate surface area is 149 Å². The molecule has 1 aromatic heterocycles. The molecule has 0 fully saturated rings. The predicted octanol–water partition coefficient (Wildman–Crippen LogP) is 3.32. The van der Waals surface area contributed by atoms with Gasteiger partial charge in [-0.25, -0.2) is 0 Å². The van der Waals surface area contributed by atoms with Crippen LogP contribution in [0, 0.1) is 0 Å². The third kappa shape index (κ3) is 5.79. The summed E-state index contributed by atoms with van der Waals surface area (Å²) in [5.74, 6) is -0.321. The highest BCUT2D eigenvalue weighted by Crippen LogP contribution is 2.26. The number of ether oxygens (including phenoxy) is 1. The second-order valence-electron chi connectivity index (χ2n) is 5.26. The Balaban J connectivity index is 1.91. The molecule has 7 heteroatoms. The van der Waals surface area contributed by atoms with E-state index in [1.54, 1.807) is 30.3 Å². The molecule has 0 bridgehead atoms. The Hall–Kier alpha value is -2.54. The molecule has 1 N–H and O–H groups in total. The largest absolute Gasteiger partial charge is 0.469 e. The minimum Gasteiger partial charge on any atom is -0.469 e. The average molecular weight is 361 g/mol. The molecule has 132 valence electrons. The number of furan rings is 1. The van der Waals surface area contributed by atoms with E-state index < -0.39 is 5.97 Å². The number of esters is 1.